The highest BCUT2D eigenvalue weighted by atomic mass is 16.2. The van der Waals surface area contributed by atoms with Gasteiger partial charge in [-0.1, -0.05) is 29.8 Å². The molecule has 124 valence electrons. The minimum atomic E-state index is -0.271. The van der Waals surface area contributed by atoms with E-state index in [-0.39, 0.29) is 11.9 Å². The van der Waals surface area contributed by atoms with Crippen molar-refractivity contribution >= 4 is 5.91 Å². The summed E-state index contributed by atoms with van der Waals surface area (Å²) in [7, 11) is 5.78. The summed E-state index contributed by atoms with van der Waals surface area (Å²) in [5, 5.41) is 4.18. The van der Waals surface area contributed by atoms with Gasteiger partial charge < -0.3 is 4.90 Å². The monoisotopic (exact) mass is 314 g/mol. The summed E-state index contributed by atoms with van der Waals surface area (Å²) in [6.07, 6.45) is 3.76. The van der Waals surface area contributed by atoms with Gasteiger partial charge in [-0.05, 0) is 33.5 Å². The second-order valence-corrected chi connectivity index (χ2v) is 6.15. The summed E-state index contributed by atoms with van der Waals surface area (Å²) in [6, 6.07) is 7.91. The predicted octanol–water partition coefficient (Wildman–Crippen LogP) is 2.38. The minimum absolute atomic E-state index is 0.116. The van der Waals surface area contributed by atoms with Gasteiger partial charge in [0.15, 0.2) is 0 Å². The maximum Gasteiger partial charge on any atom is 0.244 e. The Morgan fingerprint density at radius 2 is 1.91 bits per heavy atom. The Morgan fingerprint density at radius 3 is 2.39 bits per heavy atom. The highest BCUT2D eigenvalue weighted by Crippen LogP contribution is 2.22. The molecule has 0 fully saturated rings. The van der Waals surface area contributed by atoms with Crippen LogP contribution in [0.25, 0.3) is 0 Å². The molecular weight excluding hydrogens is 288 g/mol. The fraction of sp³-hybridized carbons (Fsp3) is 0.444. The average Bonchev–Trinajstić information content (AvgIpc) is 2.91. The van der Waals surface area contributed by atoms with Crippen molar-refractivity contribution in [2.24, 2.45) is 7.05 Å². The Morgan fingerprint density at radius 1 is 1.26 bits per heavy atom. The van der Waals surface area contributed by atoms with Crippen LogP contribution < -0.4 is 0 Å². The third kappa shape index (κ3) is 4.20. The van der Waals surface area contributed by atoms with Crippen LogP contribution in [0.3, 0.4) is 0 Å². The summed E-state index contributed by atoms with van der Waals surface area (Å²) in [5.41, 5.74) is 3.26. The molecule has 0 bridgehead atoms. The Hall–Kier alpha value is -2.14. The van der Waals surface area contributed by atoms with E-state index >= 15 is 0 Å². The highest BCUT2D eigenvalue weighted by Gasteiger charge is 2.27. The van der Waals surface area contributed by atoms with Crippen molar-refractivity contribution in [3.8, 4) is 0 Å². The molecule has 1 aromatic carbocycles. The van der Waals surface area contributed by atoms with Crippen molar-refractivity contribution in [2.75, 3.05) is 20.6 Å². The van der Waals surface area contributed by atoms with Crippen molar-refractivity contribution in [2.45, 2.75) is 26.4 Å². The molecule has 2 aromatic rings. The zero-order chi connectivity index (χ0) is 17.0. The first-order valence-corrected chi connectivity index (χ1v) is 7.91. The van der Waals surface area contributed by atoms with Crippen LogP contribution in [0.1, 0.15) is 29.7 Å². The maximum absolute atomic E-state index is 13.1. The molecule has 5 heteroatoms. The Bertz CT molecular complexity index is 645. The Balaban J connectivity index is 2.22. The number of carbonyl (C=O) groups excluding carboxylic acids is 1. The molecule has 0 radical (unpaired) electrons. The van der Waals surface area contributed by atoms with E-state index in [0.29, 0.717) is 13.1 Å². The van der Waals surface area contributed by atoms with Gasteiger partial charge in [0, 0.05) is 31.9 Å². The molecule has 0 aliphatic rings. The zero-order valence-corrected chi connectivity index (χ0v) is 14.7. The molecule has 2 rings (SSSR count). The van der Waals surface area contributed by atoms with Crippen LogP contribution in [-0.2, 0) is 18.4 Å². The normalized spacial score (nSPS) is 12.4. The summed E-state index contributed by atoms with van der Waals surface area (Å²) < 4.78 is 1.76. The van der Waals surface area contributed by atoms with Crippen LogP contribution in [0.4, 0.5) is 0 Å². The Labute approximate surface area is 138 Å². The molecule has 0 aliphatic carbocycles. The molecule has 1 heterocycles. The quantitative estimate of drug-likeness (QED) is 0.822. The SMILES string of the molecule is CCN(Cc1cnn(C)c1)C(=O)[C@@H](c1ccc(C)cc1)N(C)C. The highest BCUT2D eigenvalue weighted by molar-refractivity contribution is 5.83. The zero-order valence-electron chi connectivity index (χ0n) is 14.7. The van der Waals surface area contributed by atoms with Crippen molar-refractivity contribution in [1.82, 2.24) is 19.6 Å². The third-order valence-electron chi connectivity index (χ3n) is 3.97. The predicted molar refractivity (Wildman–Crippen MR) is 91.9 cm³/mol. The fourth-order valence-electron chi connectivity index (χ4n) is 2.70. The molecule has 0 saturated carbocycles. The van der Waals surface area contributed by atoms with Crippen LogP contribution in [0.5, 0.6) is 0 Å². The number of amides is 1. The van der Waals surface area contributed by atoms with Gasteiger partial charge in [-0.25, -0.2) is 0 Å². The molecule has 0 N–H and O–H groups in total. The molecule has 0 unspecified atom stereocenters. The summed E-state index contributed by atoms with van der Waals surface area (Å²) in [5.74, 6) is 0.116. The smallest absolute Gasteiger partial charge is 0.244 e. The number of nitrogens with zero attached hydrogens (tertiary/aromatic N) is 4. The number of benzene rings is 1. The van der Waals surface area contributed by atoms with Crippen molar-refractivity contribution in [3.05, 3.63) is 53.3 Å². The van der Waals surface area contributed by atoms with Crippen LogP contribution >= 0.6 is 0 Å². The summed E-state index contributed by atoms with van der Waals surface area (Å²) >= 11 is 0. The van der Waals surface area contributed by atoms with E-state index in [1.165, 1.54) is 5.56 Å². The van der Waals surface area contributed by atoms with Gasteiger partial charge in [-0.2, -0.15) is 5.10 Å². The van der Waals surface area contributed by atoms with E-state index in [1.807, 2.05) is 62.4 Å². The summed E-state index contributed by atoms with van der Waals surface area (Å²) in [4.78, 5) is 16.9. The van der Waals surface area contributed by atoms with Gasteiger partial charge in [0.1, 0.15) is 6.04 Å². The molecule has 0 spiro atoms. The lowest BCUT2D eigenvalue weighted by Gasteiger charge is -2.30. The first-order chi connectivity index (χ1) is 10.9. The van der Waals surface area contributed by atoms with Crippen LogP contribution in [0, 0.1) is 6.92 Å². The van der Waals surface area contributed by atoms with E-state index in [9.17, 15) is 4.79 Å². The maximum atomic E-state index is 13.1. The molecule has 0 aliphatic heterocycles. The largest absolute Gasteiger partial charge is 0.337 e. The first kappa shape index (κ1) is 17.2. The van der Waals surface area contributed by atoms with Gasteiger partial charge in [0.25, 0.3) is 0 Å². The van der Waals surface area contributed by atoms with E-state index < -0.39 is 0 Å². The lowest BCUT2D eigenvalue weighted by molar-refractivity contribution is -0.136. The van der Waals surface area contributed by atoms with Crippen molar-refractivity contribution < 1.29 is 4.79 Å². The van der Waals surface area contributed by atoms with Gasteiger partial charge in [-0.3, -0.25) is 14.4 Å². The molecule has 0 saturated heterocycles. The number of aryl methyl sites for hydroxylation is 2. The number of rotatable bonds is 6. The first-order valence-electron chi connectivity index (χ1n) is 7.91. The van der Waals surface area contributed by atoms with Crippen molar-refractivity contribution in [3.63, 3.8) is 0 Å². The molecule has 1 atom stereocenters. The van der Waals surface area contributed by atoms with E-state index in [0.717, 1.165) is 11.1 Å². The average molecular weight is 314 g/mol. The second-order valence-electron chi connectivity index (χ2n) is 6.15. The lowest BCUT2D eigenvalue weighted by atomic mass is 10.0. The van der Waals surface area contributed by atoms with E-state index in [4.69, 9.17) is 0 Å². The third-order valence-corrected chi connectivity index (χ3v) is 3.97. The van der Waals surface area contributed by atoms with Crippen LogP contribution in [0.2, 0.25) is 0 Å². The van der Waals surface area contributed by atoms with Gasteiger partial charge in [0.2, 0.25) is 5.91 Å². The summed E-state index contributed by atoms with van der Waals surface area (Å²) in [6.45, 7) is 5.32. The van der Waals surface area contributed by atoms with Crippen LogP contribution in [-0.4, -0.2) is 46.1 Å². The molecule has 1 amide bonds. The number of likely N-dealkylation sites (N-methyl/N-ethyl adjacent to an activating group) is 2. The molecule has 23 heavy (non-hydrogen) atoms. The fourth-order valence-corrected chi connectivity index (χ4v) is 2.70. The van der Waals surface area contributed by atoms with Crippen molar-refractivity contribution in [1.29, 1.82) is 0 Å². The lowest BCUT2D eigenvalue weighted by Crippen LogP contribution is -2.40. The Kier molecular flexibility index (Phi) is 5.55. The number of carbonyl (C=O) groups is 1. The molecular formula is C18H26N4O. The topological polar surface area (TPSA) is 41.4 Å². The number of hydrogen-bond donors (Lipinski definition) is 0. The van der Waals surface area contributed by atoms with Gasteiger partial charge in [-0.15, -0.1) is 0 Å². The minimum Gasteiger partial charge on any atom is -0.337 e. The van der Waals surface area contributed by atoms with E-state index in [1.54, 1.807) is 4.68 Å². The number of hydrogen-bond acceptors (Lipinski definition) is 3. The number of aromatic nitrogens is 2. The standard InChI is InChI=1S/C18H26N4O/c1-6-22(13-15-11-19-21(5)12-15)18(23)17(20(3)4)16-9-7-14(2)8-10-16/h7-12,17H,6,13H2,1-5H3/t17-/m1/s1. The van der Waals surface area contributed by atoms with E-state index in [2.05, 4.69) is 24.2 Å². The van der Waals surface area contributed by atoms with Gasteiger partial charge in [0.05, 0.1) is 6.20 Å². The molecule has 5 nitrogen and oxygen atoms in total. The van der Waals surface area contributed by atoms with Gasteiger partial charge >= 0.3 is 0 Å². The molecule has 1 aromatic heterocycles. The van der Waals surface area contributed by atoms with Crippen LogP contribution in [0.15, 0.2) is 36.7 Å². The second kappa shape index (κ2) is 7.42.